The second-order valence-electron chi connectivity index (χ2n) is 7.65. The fourth-order valence-electron chi connectivity index (χ4n) is 4.17. The van der Waals surface area contributed by atoms with Gasteiger partial charge in [-0.1, -0.05) is 25.1 Å². The van der Waals surface area contributed by atoms with E-state index >= 15 is 0 Å². The molecule has 1 unspecified atom stereocenters. The van der Waals surface area contributed by atoms with E-state index in [-0.39, 0.29) is 6.10 Å². The number of piperidine rings is 1. The first kappa shape index (κ1) is 18.1. The fourth-order valence-corrected chi connectivity index (χ4v) is 4.17. The van der Waals surface area contributed by atoms with Gasteiger partial charge in [-0.25, -0.2) is 4.98 Å². The maximum atomic E-state index is 6.67. The number of rotatable bonds is 5. The molecule has 0 amide bonds. The van der Waals surface area contributed by atoms with Gasteiger partial charge in [0, 0.05) is 18.0 Å². The monoisotopic (exact) mass is 363 g/mol. The van der Waals surface area contributed by atoms with Crippen molar-refractivity contribution in [1.29, 1.82) is 0 Å². The molecule has 0 radical (unpaired) electrons. The number of fused-ring (bicyclic) bond motifs is 1. The van der Waals surface area contributed by atoms with E-state index in [2.05, 4.69) is 73.2 Å². The first-order valence-electron chi connectivity index (χ1n) is 10.1. The second kappa shape index (κ2) is 7.73. The molecule has 1 saturated heterocycles. The van der Waals surface area contributed by atoms with E-state index in [1.165, 1.54) is 24.0 Å². The highest BCUT2D eigenvalue weighted by molar-refractivity contribution is 5.71. The van der Waals surface area contributed by atoms with Crippen LogP contribution in [0.2, 0.25) is 0 Å². The zero-order valence-electron chi connectivity index (χ0n) is 16.5. The van der Waals surface area contributed by atoms with Crippen molar-refractivity contribution in [1.82, 2.24) is 14.7 Å². The first-order valence-corrected chi connectivity index (χ1v) is 10.1. The van der Waals surface area contributed by atoms with Crippen molar-refractivity contribution >= 4 is 5.65 Å². The van der Waals surface area contributed by atoms with Gasteiger partial charge in [0.1, 0.15) is 17.5 Å². The molecule has 0 saturated carbocycles. The van der Waals surface area contributed by atoms with Gasteiger partial charge in [-0.15, -0.1) is 0 Å². The smallest absolute Gasteiger partial charge is 0.140 e. The average Bonchev–Trinajstić information content (AvgIpc) is 3.13. The van der Waals surface area contributed by atoms with Crippen LogP contribution < -0.4 is 10.1 Å². The molecule has 1 fully saturated rings. The summed E-state index contributed by atoms with van der Waals surface area (Å²) >= 11 is 0. The van der Waals surface area contributed by atoms with E-state index in [9.17, 15) is 0 Å². The molecule has 4 nitrogen and oxygen atoms in total. The topological polar surface area (TPSA) is 38.6 Å². The Kier molecular flexibility index (Phi) is 5.17. The lowest BCUT2D eigenvalue weighted by Gasteiger charge is -2.31. The summed E-state index contributed by atoms with van der Waals surface area (Å²) in [6, 6.07) is 10.5. The van der Waals surface area contributed by atoms with E-state index in [1.54, 1.807) is 0 Å². The maximum Gasteiger partial charge on any atom is 0.140 e. The number of benzene rings is 1. The number of para-hydroxylation sites is 1. The quantitative estimate of drug-likeness (QED) is 0.709. The van der Waals surface area contributed by atoms with Gasteiger partial charge in [-0.2, -0.15) is 0 Å². The van der Waals surface area contributed by atoms with Crippen LogP contribution in [0.3, 0.4) is 0 Å². The number of hydrogen-bond acceptors (Lipinski definition) is 3. The van der Waals surface area contributed by atoms with Crippen LogP contribution in [-0.4, -0.2) is 28.6 Å². The third-order valence-electron chi connectivity index (χ3n) is 5.75. The van der Waals surface area contributed by atoms with Gasteiger partial charge in [-0.05, 0) is 75.4 Å². The van der Waals surface area contributed by atoms with Crippen molar-refractivity contribution in [3.05, 3.63) is 53.9 Å². The maximum absolute atomic E-state index is 6.67. The number of hydrogen-bond donors (Lipinski definition) is 1. The summed E-state index contributed by atoms with van der Waals surface area (Å²) in [5.74, 6) is 1.61. The van der Waals surface area contributed by atoms with Crippen molar-refractivity contribution in [2.45, 2.75) is 46.1 Å². The van der Waals surface area contributed by atoms with Crippen LogP contribution in [0, 0.1) is 19.8 Å². The lowest BCUT2D eigenvalue weighted by Crippen LogP contribution is -2.36. The molecular weight excluding hydrogens is 334 g/mol. The van der Waals surface area contributed by atoms with Gasteiger partial charge >= 0.3 is 0 Å². The van der Waals surface area contributed by atoms with Crippen LogP contribution in [0.1, 0.15) is 37.3 Å². The Balaban J connectivity index is 1.71. The number of pyridine rings is 1. The molecule has 1 N–H and O–H groups in total. The van der Waals surface area contributed by atoms with Crippen LogP contribution in [0.15, 0.2) is 42.7 Å². The van der Waals surface area contributed by atoms with Crippen molar-refractivity contribution < 1.29 is 4.74 Å². The van der Waals surface area contributed by atoms with E-state index in [1.807, 2.05) is 0 Å². The predicted molar refractivity (Wildman–Crippen MR) is 110 cm³/mol. The summed E-state index contributed by atoms with van der Waals surface area (Å²) in [7, 11) is 0. The fraction of sp³-hybridized carbons (Fsp3) is 0.435. The number of aryl methyl sites for hydroxylation is 2. The Labute approximate surface area is 161 Å². The van der Waals surface area contributed by atoms with Crippen LogP contribution >= 0.6 is 0 Å². The predicted octanol–water partition coefficient (Wildman–Crippen LogP) is 4.78. The summed E-state index contributed by atoms with van der Waals surface area (Å²) in [6.07, 6.45) is 7.82. The molecule has 27 heavy (non-hydrogen) atoms. The largest absolute Gasteiger partial charge is 0.489 e. The minimum Gasteiger partial charge on any atom is -0.489 e. The molecule has 0 spiro atoms. The molecule has 1 atom stereocenters. The highest BCUT2D eigenvalue weighted by atomic mass is 16.5. The molecule has 3 heterocycles. The van der Waals surface area contributed by atoms with Gasteiger partial charge < -0.3 is 14.5 Å². The number of nitrogens with zero attached hydrogens (tertiary/aromatic N) is 2. The Morgan fingerprint density at radius 3 is 2.67 bits per heavy atom. The van der Waals surface area contributed by atoms with Crippen LogP contribution in [-0.2, 0) is 0 Å². The van der Waals surface area contributed by atoms with Gasteiger partial charge in [0.25, 0.3) is 0 Å². The Morgan fingerprint density at radius 1 is 1.15 bits per heavy atom. The number of aromatic nitrogens is 2. The molecule has 4 heteroatoms. The standard InChI is InChI=1S/C23H29N3O/c1-4-21(18-10-12-24-13-11-18)27-22-16(2)7-5-9-19(22)20-15-26-14-6-8-17(3)23(26)25-20/h5-9,14-15,18,21,24H,4,10-13H2,1-3H3. The molecule has 1 aliphatic heterocycles. The molecule has 3 aromatic rings. The molecular formula is C23H29N3O. The van der Waals surface area contributed by atoms with Crippen LogP contribution in [0.4, 0.5) is 0 Å². The molecule has 142 valence electrons. The first-order chi connectivity index (χ1) is 13.2. The Bertz CT molecular complexity index is 925. The lowest BCUT2D eigenvalue weighted by molar-refractivity contribution is 0.108. The Morgan fingerprint density at radius 2 is 1.93 bits per heavy atom. The van der Waals surface area contributed by atoms with E-state index in [0.717, 1.165) is 42.2 Å². The molecule has 4 rings (SSSR count). The Hall–Kier alpha value is -2.33. The van der Waals surface area contributed by atoms with Gasteiger partial charge in [0.05, 0.1) is 5.69 Å². The number of imidazole rings is 1. The summed E-state index contributed by atoms with van der Waals surface area (Å²) in [5, 5.41) is 3.46. The van der Waals surface area contributed by atoms with E-state index in [4.69, 9.17) is 9.72 Å². The summed E-state index contributed by atoms with van der Waals surface area (Å²) in [4.78, 5) is 4.90. The number of nitrogens with one attached hydrogen (secondary N) is 1. The SMILES string of the molecule is CCC(Oc1c(C)cccc1-c1cn2cccc(C)c2n1)C1CCNCC1. The number of ether oxygens (including phenoxy) is 1. The van der Waals surface area contributed by atoms with Gasteiger partial charge in [0.2, 0.25) is 0 Å². The van der Waals surface area contributed by atoms with E-state index < -0.39 is 0 Å². The zero-order chi connectivity index (χ0) is 18.8. The summed E-state index contributed by atoms with van der Waals surface area (Å²) in [5.41, 5.74) is 5.42. The van der Waals surface area contributed by atoms with Crippen molar-refractivity contribution in [2.75, 3.05) is 13.1 Å². The molecule has 0 aliphatic carbocycles. The van der Waals surface area contributed by atoms with Gasteiger partial charge in [-0.3, -0.25) is 0 Å². The van der Waals surface area contributed by atoms with Crippen molar-refractivity contribution in [3.63, 3.8) is 0 Å². The average molecular weight is 364 g/mol. The summed E-state index contributed by atoms with van der Waals surface area (Å²) < 4.78 is 8.77. The highest BCUT2D eigenvalue weighted by Crippen LogP contribution is 2.35. The molecule has 2 aromatic heterocycles. The van der Waals surface area contributed by atoms with Crippen LogP contribution in [0.25, 0.3) is 16.9 Å². The zero-order valence-corrected chi connectivity index (χ0v) is 16.5. The molecule has 1 aromatic carbocycles. The second-order valence-corrected chi connectivity index (χ2v) is 7.65. The minimum atomic E-state index is 0.255. The minimum absolute atomic E-state index is 0.255. The van der Waals surface area contributed by atoms with E-state index in [0.29, 0.717) is 5.92 Å². The molecule has 1 aliphatic rings. The lowest BCUT2D eigenvalue weighted by atomic mass is 9.90. The highest BCUT2D eigenvalue weighted by Gasteiger charge is 2.25. The third kappa shape index (κ3) is 3.59. The molecule has 0 bridgehead atoms. The van der Waals surface area contributed by atoms with Gasteiger partial charge in [0.15, 0.2) is 0 Å². The normalized spacial score (nSPS) is 16.6. The van der Waals surface area contributed by atoms with Crippen molar-refractivity contribution in [2.24, 2.45) is 5.92 Å². The van der Waals surface area contributed by atoms with Crippen molar-refractivity contribution in [3.8, 4) is 17.0 Å². The van der Waals surface area contributed by atoms with Crippen LogP contribution in [0.5, 0.6) is 5.75 Å². The summed E-state index contributed by atoms with van der Waals surface area (Å²) in [6.45, 7) is 8.66. The third-order valence-corrected chi connectivity index (χ3v) is 5.75.